The Labute approximate surface area is 280 Å². The highest BCUT2D eigenvalue weighted by molar-refractivity contribution is 7.47. The van der Waals surface area contributed by atoms with Gasteiger partial charge in [0.1, 0.15) is 19.8 Å². The fraction of sp³-hybridized carbons (Fsp3) is 0.833. The van der Waals surface area contributed by atoms with Gasteiger partial charge in [0.15, 0.2) is 6.10 Å². The molecule has 264 valence electrons. The molecule has 0 saturated carbocycles. The van der Waals surface area contributed by atoms with Crippen LogP contribution in [0, 0.1) is 23.7 Å². The number of cyclic esters (lactones) is 2. The Balaban J connectivity index is 2.56. The Kier molecular flexibility index (Phi) is 24.9. The molecule has 1 aliphatic heterocycles. The summed E-state index contributed by atoms with van der Waals surface area (Å²) in [5, 5.41) is 0. The number of ether oxygens (including phenoxy) is 2. The van der Waals surface area contributed by atoms with E-state index in [-0.39, 0.29) is 32.0 Å². The van der Waals surface area contributed by atoms with Gasteiger partial charge in [-0.3, -0.25) is 18.6 Å². The number of likely N-dealkylation sites (N-methyl/N-ethyl adjacent to an activating group) is 1. The van der Waals surface area contributed by atoms with Gasteiger partial charge in [-0.1, -0.05) is 102 Å². The van der Waals surface area contributed by atoms with Crippen LogP contribution < -0.4 is 0 Å². The summed E-state index contributed by atoms with van der Waals surface area (Å²) >= 11 is 0. The highest BCUT2D eigenvalue weighted by atomic mass is 31.2. The van der Waals surface area contributed by atoms with Crippen molar-refractivity contribution in [3.8, 4) is 23.7 Å². The molecule has 10 heteroatoms. The van der Waals surface area contributed by atoms with Gasteiger partial charge in [-0.2, -0.15) is 0 Å². The smallest absolute Gasteiger partial charge is 0.462 e. The van der Waals surface area contributed by atoms with E-state index in [0.29, 0.717) is 17.4 Å². The molecule has 46 heavy (non-hydrogen) atoms. The Hall–Kier alpha value is -1.87. The molecule has 0 aromatic rings. The third-order valence-electron chi connectivity index (χ3n) is 7.77. The number of carbonyl (C=O) groups is 2. The zero-order valence-corrected chi connectivity index (χ0v) is 30.1. The number of esters is 2. The minimum Gasteiger partial charge on any atom is -0.462 e. The highest BCUT2D eigenvalue weighted by Crippen LogP contribution is 2.43. The van der Waals surface area contributed by atoms with Crippen molar-refractivity contribution in [1.29, 1.82) is 0 Å². The average Bonchev–Trinajstić information content (AvgIpc) is 2.99. The van der Waals surface area contributed by atoms with Crippen LogP contribution >= 0.6 is 7.82 Å². The molecule has 1 heterocycles. The number of nitrogens with zero attached hydrogens (tertiary/aromatic N) is 1. The van der Waals surface area contributed by atoms with Crippen LogP contribution in [0.1, 0.15) is 141 Å². The van der Waals surface area contributed by atoms with Crippen LogP contribution in [0.25, 0.3) is 0 Å². The maximum Gasteiger partial charge on any atom is 0.472 e. The van der Waals surface area contributed by atoms with E-state index in [9.17, 15) is 19.0 Å². The van der Waals surface area contributed by atoms with Crippen LogP contribution in [0.2, 0.25) is 0 Å². The van der Waals surface area contributed by atoms with Crippen molar-refractivity contribution in [3.63, 3.8) is 0 Å². The molecule has 2 atom stereocenters. The van der Waals surface area contributed by atoms with Crippen LogP contribution in [0.4, 0.5) is 0 Å². The van der Waals surface area contributed by atoms with Gasteiger partial charge in [0.2, 0.25) is 0 Å². The standard InChI is InChI=1S/C36H62NO8P/c1-37(2,3)30-31-43-46(40,41)44-33-34-32-42-35(38)28-26-24-22-20-18-16-14-12-10-8-6-4-5-7-9-11-13-15-17-19-21-23-25-27-29-36(39)45-34/h34H,8-33H2,1-3H3/p+1/t34-/m1/s1. The Morgan fingerprint density at radius 3 is 1.61 bits per heavy atom. The number of carbonyl (C=O) groups excluding carboxylic acids is 2. The van der Waals surface area contributed by atoms with Crippen molar-refractivity contribution in [3.05, 3.63) is 0 Å². The second kappa shape index (κ2) is 27.1. The predicted molar refractivity (Wildman–Crippen MR) is 183 cm³/mol. The quantitative estimate of drug-likeness (QED) is 0.126. The van der Waals surface area contributed by atoms with E-state index >= 15 is 0 Å². The van der Waals surface area contributed by atoms with E-state index < -0.39 is 26.5 Å². The Bertz CT molecular complexity index is 988. The summed E-state index contributed by atoms with van der Waals surface area (Å²) in [6.07, 6.45) is 21.0. The van der Waals surface area contributed by atoms with Crippen molar-refractivity contribution in [2.75, 3.05) is 47.5 Å². The summed E-state index contributed by atoms with van der Waals surface area (Å²) in [5.41, 5.74) is 0. The van der Waals surface area contributed by atoms with Crippen LogP contribution in [0.15, 0.2) is 0 Å². The molecule has 0 aliphatic carbocycles. The topological polar surface area (TPSA) is 108 Å². The summed E-state index contributed by atoms with van der Waals surface area (Å²) in [7, 11) is 1.46. The van der Waals surface area contributed by atoms with E-state index in [4.69, 9.17) is 18.5 Å². The van der Waals surface area contributed by atoms with Crippen molar-refractivity contribution < 1.29 is 42.1 Å². The fourth-order valence-corrected chi connectivity index (χ4v) is 5.66. The normalized spacial score (nSPS) is 22.1. The highest BCUT2D eigenvalue weighted by Gasteiger charge is 2.27. The summed E-state index contributed by atoms with van der Waals surface area (Å²) < 4.78 is 34.0. The van der Waals surface area contributed by atoms with Gasteiger partial charge < -0.3 is 18.9 Å². The number of rotatable bonds is 7. The van der Waals surface area contributed by atoms with Crippen LogP contribution in [-0.2, 0) is 32.7 Å². The predicted octanol–water partition coefficient (Wildman–Crippen LogP) is 7.88. The number of phosphoric acid groups is 1. The number of phosphoric ester groups is 1. The lowest BCUT2D eigenvalue weighted by Gasteiger charge is -2.24. The molecule has 1 unspecified atom stereocenters. The summed E-state index contributed by atoms with van der Waals surface area (Å²) in [6, 6.07) is 0. The zero-order valence-electron chi connectivity index (χ0n) is 29.2. The summed E-state index contributed by atoms with van der Waals surface area (Å²) in [4.78, 5) is 35.0. The van der Waals surface area contributed by atoms with E-state index in [2.05, 4.69) is 23.7 Å². The first-order chi connectivity index (χ1) is 22.1. The van der Waals surface area contributed by atoms with Gasteiger partial charge in [0.25, 0.3) is 0 Å². The molecule has 0 radical (unpaired) electrons. The van der Waals surface area contributed by atoms with Gasteiger partial charge in [0.05, 0.1) is 27.7 Å². The molecule has 0 aromatic heterocycles. The van der Waals surface area contributed by atoms with Crippen LogP contribution in [0.5, 0.6) is 0 Å². The van der Waals surface area contributed by atoms with Crippen LogP contribution in [0.3, 0.4) is 0 Å². The number of hydrogen-bond donors (Lipinski definition) is 1. The van der Waals surface area contributed by atoms with E-state index in [1.165, 1.54) is 51.4 Å². The molecule has 0 bridgehead atoms. The van der Waals surface area contributed by atoms with Gasteiger partial charge in [-0.15, -0.1) is 0 Å². The van der Waals surface area contributed by atoms with Crippen molar-refractivity contribution in [2.24, 2.45) is 0 Å². The second-order valence-electron chi connectivity index (χ2n) is 13.4. The monoisotopic (exact) mass is 668 g/mol. The second-order valence-corrected chi connectivity index (χ2v) is 14.8. The minimum absolute atomic E-state index is 0.0293. The van der Waals surface area contributed by atoms with E-state index in [0.717, 1.165) is 70.6 Å². The maximum atomic E-state index is 12.6. The first-order valence-electron chi connectivity index (χ1n) is 17.8. The lowest BCUT2D eigenvalue weighted by atomic mass is 10.1. The number of quaternary nitrogens is 1. The van der Waals surface area contributed by atoms with Crippen molar-refractivity contribution in [2.45, 2.75) is 147 Å². The lowest BCUT2D eigenvalue weighted by Crippen LogP contribution is -2.37. The third-order valence-corrected chi connectivity index (χ3v) is 8.76. The molecular weight excluding hydrogens is 605 g/mol. The molecule has 0 spiro atoms. The molecule has 0 saturated heterocycles. The summed E-state index contributed by atoms with van der Waals surface area (Å²) in [6.45, 7) is -0.101. The zero-order chi connectivity index (χ0) is 33.8. The SMILES string of the molecule is C[N+](C)(C)CCOP(=O)(O)OC[C@H]1COC(=O)CCCCCCCCCCCC#CC#CCCCCCCCCCCCC(=O)O1. The van der Waals surface area contributed by atoms with Crippen molar-refractivity contribution in [1.82, 2.24) is 0 Å². The first-order valence-corrected chi connectivity index (χ1v) is 19.3. The number of hydrogen-bond acceptors (Lipinski definition) is 7. The first kappa shape index (κ1) is 42.2. The van der Waals surface area contributed by atoms with Gasteiger partial charge in [-0.25, -0.2) is 4.57 Å². The lowest BCUT2D eigenvalue weighted by molar-refractivity contribution is -0.870. The van der Waals surface area contributed by atoms with E-state index in [1.807, 2.05) is 21.1 Å². The van der Waals surface area contributed by atoms with Gasteiger partial charge >= 0.3 is 19.8 Å². The molecule has 0 fully saturated rings. The molecule has 1 N–H and O–H groups in total. The molecular formula is C36H63NO8P+. The maximum absolute atomic E-state index is 12.6. The fourth-order valence-electron chi connectivity index (χ4n) is 4.92. The molecule has 1 aliphatic rings. The van der Waals surface area contributed by atoms with Crippen LogP contribution in [-0.4, -0.2) is 74.9 Å². The van der Waals surface area contributed by atoms with Gasteiger partial charge in [-0.05, 0) is 37.5 Å². The minimum atomic E-state index is -4.36. The van der Waals surface area contributed by atoms with E-state index in [1.54, 1.807) is 0 Å². The largest absolute Gasteiger partial charge is 0.472 e. The average molecular weight is 669 g/mol. The van der Waals surface area contributed by atoms with Crippen molar-refractivity contribution >= 4 is 19.8 Å². The Morgan fingerprint density at radius 1 is 0.696 bits per heavy atom. The third kappa shape index (κ3) is 28.4. The summed E-state index contributed by atoms with van der Waals surface area (Å²) in [5.74, 6) is 11.5. The van der Waals surface area contributed by atoms with Gasteiger partial charge in [0, 0.05) is 25.7 Å². The molecule has 0 amide bonds. The Morgan fingerprint density at radius 2 is 1.13 bits per heavy atom. The molecule has 9 nitrogen and oxygen atoms in total. The molecule has 0 aromatic carbocycles. The molecule has 1 rings (SSSR count).